The molecular formula is C15H12Br2N2O. The standard InChI is InChI=1S/C15H12Br2N2O/c1-9-12(16)7-19-8-13(18-15(19)14(9)17)10-3-5-11(20-2)6-4-10/h3-8H,1-2H3. The average Bonchev–Trinajstić information content (AvgIpc) is 2.89. The molecule has 3 rings (SSSR count). The van der Waals surface area contributed by atoms with Gasteiger partial charge in [-0.25, -0.2) is 4.98 Å². The summed E-state index contributed by atoms with van der Waals surface area (Å²) in [5, 5.41) is 0. The highest BCUT2D eigenvalue weighted by Gasteiger charge is 2.11. The minimum Gasteiger partial charge on any atom is -0.497 e. The first-order valence-electron chi connectivity index (χ1n) is 6.08. The Morgan fingerprint density at radius 3 is 2.45 bits per heavy atom. The summed E-state index contributed by atoms with van der Waals surface area (Å²) in [5.74, 6) is 0.845. The van der Waals surface area contributed by atoms with Gasteiger partial charge in [0.15, 0.2) is 5.65 Å². The zero-order chi connectivity index (χ0) is 14.3. The van der Waals surface area contributed by atoms with Crippen molar-refractivity contribution in [3.05, 3.63) is 51.2 Å². The third-order valence-corrected chi connectivity index (χ3v) is 5.00. The number of hydrogen-bond donors (Lipinski definition) is 0. The molecule has 0 N–H and O–H groups in total. The van der Waals surface area contributed by atoms with Gasteiger partial charge in [-0.2, -0.15) is 0 Å². The molecule has 0 amide bonds. The van der Waals surface area contributed by atoms with E-state index in [9.17, 15) is 0 Å². The molecule has 2 aromatic heterocycles. The molecular weight excluding hydrogens is 384 g/mol. The monoisotopic (exact) mass is 394 g/mol. The van der Waals surface area contributed by atoms with Crippen LogP contribution in [0.2, 0.25) is 0 Å². The second-order valence-corrected chi connectivity index (χ2v) is 6.15. The van der Waals surface area contributed by atoms with E-state index in [1.54, 1.807) is 7.11 Å². The number of hydrogen-bond acceptors (Lipinski definition) is 2. The first-order valence-corrected chi connectivity index (χ1v) is 7.66. The molecule has 0 aliphatic carbocycles. The summed E-state index contributed by atoms with van der Waals surface area (Å²) < 4.78 is 9.25. The molecule has 0 aliphatic heterocycles. The van der Waals surface area contributed by atoms with Gasteiger partial charge in [0.05, 0.1) is 17.3 Å². The summed E-state index contributed by atoms with van der Waals surface area (Å²) in [6, 6.07) is 7.90. The van der Waals surface area contributed by atoms with Crippen molar-refractivity contribution in [2.24, 2.45) is 0 Å². The van der Waals surface area contributed by atoms with Gasteiger partial charge in [0, 0.05) is 22.4 Å². The number of nitrogens with zero attached hydrogens (tertiary/aromatic N) is 2. The molecule has 2 heterocycles. The zero-order valence-electron chi connectivity index (χ0n) is 11.0. The van der Waals surface area contributed by atoms with E-state index in [1.807, 2.05) is 41.1 Å². The molecule has 1 aromatic carbocycles. The van der Waals surface area contributed by atoms with E-state index in [2.05, 4.69) is 38.8 Å². The average molecular weight is 396 g/mol. The van der Waals surface area contributed by atoms with Crippen LogP contribution in [0, 0.1) is 6.92 Å². The van der Waals surface area contributed by atoms with Crippen molar-refractivity contribution in [2.45, 2.75) is 6.92 Å². The normalized spacial score (nSPS) is 11.0. The molecule has 102 valence electrons. The highest BCUT2D eigenvalue weighted by Crippen LogP contribution is 2.30. The van der Waals surface area contributed by atoms with Crippen LogP contribution in [0.1, 0.15) is 5.56 Å². The molecule has 0 unspecified atom stereocenters. The van der Waals surface area contributed by atoms with Gasteiger partial charge in [0.1, 0.15) is 5.75 Å². The summed E-state index contributed by atoms with van der Waals surface area (Å²) in [6.45, 7) is 2.05. The van der Waals surface area contributed by atoms with Crippen LogP contribution in [0.15, 0.2) is 45.6 Å². The maximum Gasteiger partial charge on any atom is 0.152 e. The molecule has 3 nitrogen and oxygen atoms in total. The van der Waals surface area contributed by atoms with Crippen molar-refractivity contribution in [3.63, 3.8) is 0 Å². The van der Waals surface area contributed by atoms with E-state index in [0.717, 1.165) is 37.2 Å². The topological polar surface area (TPSA) is 26.5 Å². The molecule has 0 atom stereocenters. The Bertz CT molecular complexity index is 779. The van der Waals surface area contributed by atoms with Gasteiger partial charge in [-0.1, -0.05) is 0 Å². The molecule has 20 heavy (non-hydrogen) atoms. The Kier molecular flexibility index (Phi) is 3.56. The lowest BCUT2D eigenvalue weighted by Crippen LogP contribution is -1.88. The van der Waals surface area contributed by atoms with Gasteiger partial charge in [-0.3, -0.25) is 0 Å². The van der Waals surface area contributed by atoms with Crippen molar-refractivity contribution in [1.82, 2.24) is 9.38 Å². The number of pyridine rings is 1. The summed E-state index contributed by atoms with van der Waals surface area (Å²) in [4.78, 5) is 4.69. The second kappa shape index (κ2) is 5.22. The molecule has 0 radical (unpaired) electrons. The highest BCUT2D eigenvalue weighted by atomic mass is 79.9. The maximum absolute atomic E-state index is 5.18. The smallest absolute Gasteiger partial charge is 0.152 e. The van der Waals surface area contributed by atoms with Gasteiger partial charge in [-0.05, 0) is 68.6 Å². The largest absolute Gasteiger partial charge is 0.497 e. The van der Waals surface area contributed by atoms with E-state index in [-0.39, 0.29) is 0 Å². The molecule has 0 bridgehead atoms. The molecule has 3 aromatic rings. The number of halogens is 2. The van der Waals surface area contributed by atoms with E-state index in [4.69, 9.17) is 9.72 Å². The summed E-state index contributed by atoms with van der Waals surface area (Å²) in [7, 11) is 1.66. The Morgan fingerprint density at radius 1 is 1.10 bits per heavy atom. The molecule has 5 heteroatoms. The fourth-order valence-corrected chi connectivity index (χ4v) is 3.24. The third kappa shape index (κ3) is 2.25. The number of benzene rings is 1. The van der Waals surface area contributed by atoms with Crippen molar-refractivity contribution >= 4 is 37.5 Å². The number of rotatable bonds is 2. The van der Waals surface area contributed by atoms with Gasteiger partial charge in [0.25, 0.3) is 0 Å². The molecule has 0 spiro atoms. The van der Waals surface area contributed by atoms with Crippen LogP contribution in [0.4, 0.5) is 0 Å². The number of imidazole rings is 1. The minimum absolute atomic E-state index is 0.845. The Morgan fingerprint density at radius 2 is 1.80 bits per heavy atom. The second-order valence-electron chi connectivity index (χ2n) is 4.50. The maximum atomic E-state index is 5.18. The summed E-state index contributed by atoms with van der Waals surface area (Å²) >= 11 is 7.16. The quantitative estimate of drug-likeness (QED) is 0.620. The fraction of sp³-hybridized carbons (Fsp3) is 0.133. The first kappa shape index (κ1) is 13.6. The van der Waals surface area contributed by atoms with Crippen LogP contribution in [0.25, 0.3) is 16.9 Å². The van der Waals surface area contributed by atoms with Crippen LogP contribution in [0.5, 0.6) is 5.75 Å². The van der Waals surface area contributed by atoms with Crippen molar-refractivity contribution < 1.29 is 4.74 Å². The fourth-order valence-electron chi connectivity index (χ4n) is 2.05. The number of methoxy groups -OCH3 is 1. The lowest BCUT2D eigenvalue weighted by Gasteiger charge is -2.03. The van der Waals surface area contributed by atoms with Gasteiger partial charge in [-0.15, -0.1) is 0 Å². The van der Waals surface area contributed by atoms with Crippen molar-refractivity contribution in [1.29, 1.82) is 0 Å². The highest BCUT2D eigenvalue weighted by molar-refractivity contribution is 9.11. The summed E-state index contributed by atoms with van der Waals surface area (Å²) in [5.41, 5.74) is 4.06. The lowest BCUT2D eigenvalue weighted by atomic mass is 10.2. The van der Waals surface area contributed by atoms with E-state index in [1.165, 1.54) is 0 Å². The Balaban J connectivity index is 2.15. The third-order valence-electron chi connectivity index (χ3n) is 3.25. The first-order chi connectivity index (χ1) is 9.60. The molecule has 0 fully saturated rings. The van der Waals surface area contributed by atoms with Crippen LogP contribution in [-0.4, -0.2) is 16.5 Å². The molecule has 0 aliphatic rings. The lowest BCUT2D eigenvalue weighted by molar-refractivity contribution is 0.415. The van der Waals surface area contributed by atoms with Crippen molar-refractivity contribution in [3.8, 4) is 17.0 Å². The van der Waals surface area contributed by atoms with Crippen LogP contribution >= 0.6 is 31.9 Å². The van der Waals surface area contributed by atoms with Gasteiger partial charge >= 0.3 is 0 Å². The van der Waals surface area contributed by atoms with Gasteiger partial charge in [0.2, 0.25) is 0 Å². The Labute approximate surface area is 133 Å². The predicted octanol–water partition coefficient (Wildman–Crippen LogP) is 4.84. The van der Waals surface area contributed by atoms with E-state index in [0.29, 0.717) is 0 Å². The van der Waals surface area contributed by atoms with Crippen LogP contribution in [-0.2, 0) is 0 Å². The number of aromatic nitrogens is 2. The summed E-state index contributed by atoms with van der Waals surface area (Å²) in [6.07, 6.45) is 4.04. The van der Waals surface area contributed by atoms with Crippen molar-refractivity contribution in [2.75, 3.05) is 7.11 Å². The van der Waals surface area contributed by atoms with Crippen LogP contribution < -0.4 is 4.74 Å². The SMILES string of the molecule is COc1ccc(-c2cn3cc(Br)c(C)c(Br)c3n2)cc1. The van der Waals surface area contributed by atoms with E-state index >= 15 is 0 Å². The van der Waals surface area contributed by atoms with E-state index < -0.39 is 0 Å². The Hall–Kier alpha value is -1.33. The number of fused-ring (bicyclic) bond motifs is 1. The minimum atomic E-state index is 0.845. The van der Waals surface area contributed by atoms with Crippen LogP contribution in [0.3, 0.4) is 0 Å². The zero-order valence-corrected chi connectivity index (χ0v) is 14.2. The number of ether oxygens (including phenoxy) is 1. The predicted molar refractivity (Wildman–Crippen MR) is 87.3 cm³/mol. The van der Waals surface area contributed by atoms with Gasteiger partial charge < -0.3 is 9.14 Å². The molecule has 0 saturated heterocycles. The molecule has 0 saturated carbocycles.